The first kappa shape index (κ1) is 19.7. The molecule has 5 aromatic rings. The number of hydrogen-bond donors (Lipinski definition) is 1. The fourth-order valence-corrected chi connectivity index (χ4v) is 3.27. The van der Waals surface area contributed by atoms with E-state index in [9.17, 15) is 0 Å². The zero-order chi connectivity index (χ0) is 19.6. The Morgan fingerprint density at radius 1 is 0.967 bits per heavy atom. The van der Waals surface area contributed by atoms with Crippen LogP contribution in [0.25, 0.3) is 33.7 Å². The van der Waals surface area contributed by atoms with Gasteiger partial charge in [0.1, 0.15) is 11.3 Å². The first-order chi connectivity index (χ1) is 14.3. The lowest BCUT2D eigenvalue weighted by Gasteiger charge is -2.10. The second kappa shape index (κ2) is 8.39. The Kier molecular flexibility index (Phi) is 5.50. The third-order valence-corrected chi connectivity index (χ3v) is 4.75. The monoisotopic (exact) mass is 417 g/mol. The summed E-state index contributed by atoms with van der Waals surface area (Å²) in [5.74, 6) is 1.27. The van der Waals surface area contributed by atoms with Crippen molar-refractivity contribution in [3.8, 4) is 22.6 Å². The molecule has 7 heteroatoms. The van der Waals surface area contributed by atoms with Crippen molar-refractivity contribution in [2.24, 2.45) is 7.05 Å². The largest absolute Gasteiger partial charge is 0.436 e. The van der Waals surface area contributed by atoms with Crippen LogP contribution in [-0.2, 0) is 13.6 Å². The second-order valence-corrected chi connectivity index (χ2v) is 6.85. The minimum absolute atomic E-state index is 0. The fourth-order valence-electron chi connectivity index (χ4n) is 3.27. The van der Waals surface area contributed by atoms with Gasteiger partial charge in [-0.25, -0.2) is 9.97 Å². The molecule has 0 fully saturated rings. The maximum absolute atomic E-state index is 6.03. The molecular weight excluding hydrogens is 398 g/mol. The lowest BCUT2D eigenvalue weighted by Crippen LogP contribution is -2.03. The SMILES string of the molecule is Cl.Cn1cc(-c2cnc(NCc3ccccc3)c(-c3nc4ccccc4o3)c2)cn1. The number of nitrogens with zero attached hydrogens (tertiary/aromatic N) is 4. The van der Waals surface area contributed by atoms with E-state index >= 15 is 0 Å². The second-order valence-electron chi connectivity index (χ2n) is 6.85. The highest BCUT2D eigenvalue weighted by atomic mass is 35.5. The van der Waals surface area contributed by atoms with Crippen LogP contribution in [0.4, 0.5) is 5.82 Å². The van der Waals surface area contributed by atoms with Crippen LogP contribution in [0, 0.1) is 0 Å². The summed E-state index contributed by atoms with van der Waals surface area (Å²) in [7, 11) is 1.90. The molecule has 0 atom stereocenters. The average Bonchev–Trinajstić information content (AvgIpc) is 3.39. The Morgan fingerprint density at radius 3 is 2.53 bits per heavy atom. The minimum atomic E-state index is 0. The van der Waals surface area contributed by atoms with Crippen molar-refractivity contribution in [1.82, 2.24) is 19.7 Å². The summed E-state index contributed by atoms with van der Waals surface area (Å²) < 4.78 is 7.80. The molecule has 0 aliphatic carbocycles. The Bertz CT molecular complexity index is 1250. The highest BCUT2D eigenvalue weighted by Crippen LogP contribution is 2.32. The highest BCUT2D eigenvalue weighted by molar-refractivity contribution is 5.85. The molecule has 2 aromatic carbocycles. The summed E-state index contributed by atoms with van der Waals surface area (Å²) in [6.45, 7) is 0.660. The molecule has 0 bridgehead atoms. The van der Waals surface area contributed by atoms with Crippen molar-refractivity contribution < 1.29 is 4.42 Å². The summed E-state index contributed by atoms with van der Waals surface area (Å²) in [4.78, 5) is 9.35. The van der Waals surface area contributed by atoms with E-state index < -0.39 is 0 Å². The van der Waals surface area contributed by atoms with Crippen molar-refractivity contribution in [2.75, 3.05) is 5.32 Å². The van der Waals surface area contributed by atoms with E-state index in [0.29, 0.717) is 12.4 Å². The molecule has 3 aromatic heterocycles. The predicted molar refractivity (Wildman–Crippen MR) is 120 cm³/mol. The number of aryl methyl sites for hydroxylation is 1. The number of anilines is 1. The molecule has 0 unspecified atom stereocenters. The first-order valence-electron chi connectivity index (χ1n) is 9.39. The zero-order valence-corrected chi connectivity index (χ0v) is 17.1. The van der Waals surface area contributed by atoms with Gasteiger partial charge in [0.15, 0.2) is 5.58 Å². The number of benzene rings is 2. The lowest BCUT2D eigenvalue weighted by molar-refractivity contribution is 0.619. The van der Waals surface area contributed by atoms with Crippen LogP contribution in [0.3, 0.4) is 0 Å². The van der Waals surface area contributed by atoms with E-state index in [-0.39, 0.29) is 12.4 Å². The van der Waals surface area contributed by atoms with Crippen molar-refractivity contribution in [3.05, 3.63) is 84.8 Å². The van der Waals surface area contributed by atoms with Crippen LogP contribution in [0.2, 0.25) is 0 Å². The normalized spacial score (nSPS) is 10.7. The lowest BCUT2D eigenvalue weighted by atomic mass is 10.1. The highest BCUT2D eigenvalue weighted by Gasteiger charge is 2.16. The predicted octanol–water partition coefficient (Wildman–Crippen LogP) is 5.32. The number of oxazole rings is 1. The Hall–Kier alpha value is -3.64. The molecule has 0 aliphatic heterocycles. The summed E-state index contributed by atoms with van der Waals surface area (Å²) in [6, 6.07) is 20.0. The minimum Gasteiger partial charge on any atom is -0.436 e. The van der Waals surface area contributed by atoms with Gasteiger partial charge in [0.05, 0.1) is 11.8 Å². The van der Waals surface area contributed by atoms with Crippen molar-refractivity contribution in [1.29, 1.82) is 0 Å². The van der Waals surface area contributed by atoms with E-state index in [1.807, 2.05) is 74.2 Å². The van der Waals surface area contributed by atoms with Crippen molar-refractivity contribution in [3.63, 3.8) is 0 Å². The van der Waals surface area contributed by atoms with Crippen LogP contribution >= 0.6 is 12.4 Å². The van der Waals surface area contributed by atoms with E-state index in [0.717, 1.165) is 33.6 Å². The Balaban J connectivity index is 0.00000218. The summed E-state index contributed by atoms with van der Waals surface area (Å²) in [5, 5.41) is 7.69. The van der Waals surface area contributed by atoms with Crippen molar-refractivity contribution in [2.45, 2.75) is 6.54 Å². The van der Waals surface area contributed by atoms with Gasteiger partial charge in [-0.2, -0.15) is 5.10 Å². The van der Waals surface area contributed by atoms with Gasteiger partial charge in [0.25, 0.3) is 0 Å². The van der Waals surface area contributed by atoms with E-state index in [1.54, 1.807) is 4.68 Å². The van der Waals surface area contributed by atoms with E-state index in [4.69, 9.17) is 4.42 Å². The van der Waals surface area contributed by atoms with Gasteiger partial charge in [-0.1, -0.05) is 42.5 Å². The number of nitrogens with one attached hydrogen (secondary N) is 1. The Morgan fingerprint density at radius 2 is 1.77 bits per heavy atom. The first-order valence-corrected chi connectivity index (χ1v) is 9.39. The zero-order valence-electron chi connectivity index (χ0n) is 16.3. The number of pyridine rings is 1. The van der Waals surface area contributed by atoms with E-state index in [1.165, 1.54) is 5.56 Å². The maximum atomic E-state index is 6.03. The van der Waals surface area contributed by atoms with Crippen LogP contribution in [0.5, 0.6) is 0 Å². The smallest absolute Gasteiger partial charge is 0.231 e. The standard InChI is InChI=1S/C23H19N5O.ClH/c1-28-15-18(14-26-28)17-11-19(23-27-20-9-5-6-10-21(20)29-23)22(25-13-17)24-12-16-7-3-2-4-8-16;/h2-11,13-15H,12H2,1H3,(H,24,25);1H. The molecule has 3 heterocycles. The Labute approximate surface area is 180 Å². The fraction of sp³-hybridized carbons (Fsp3) is 0.0870. The van der Waals surface area contributed by atoms with Gasteiger partial charge in [0, 0.05) is 37.1 Å². The van der Waals surface area contributed by atoms with Crippen molar-refractivity contribution >= 4 is 29.3 Å². The molecule has 30 heavy (non-hydrogen) atoms. The molecule has 6 nitrogen and oxygen atoms in total. The molecule has 1 N–H and O–H groups in total. The van der Waals surface area contributed by atoms with Gasteiger partial charge in [0.2, 0.25) is 5.89 Å². The molecule has 0 saturated carbocycles. The number of halogens is 1. The topological polar surface area (TPSA) is 68.8 Å². The number of aromatic nitrogens is 4. The average molecular weight is 418 g/mol. The summed E-state index contributed by atoms with van der Waals surface area (Å²) >= 11 is 0. The van der Waals surface area contributed by atoms with Gasteiger partial charge in [-0.05, 0) is 23.8 Å². The van der Waals surface area contributed by atoms with Crippen LogP contribution in [-0.4, -0.2) is 19.7 Å². The summed E-state index contributed by atoms with van der Waals surface area (Å²) in [6.07, 6.45) is 5.63. The van der Waals surface area contributed by atoms with Gasteiger partial charge in [-0.15, -0.1) is 12.4 Å². The maximum Gasteiger partial charge on any atom is 0.231 e. The van der Waals surface area contributed by atoms with Gasteiger partial charge >= 0.3 is 0 Å². The number of hydrogen-bond acceptors (Lipinski definition) is 5. The molecule has 150 valence electrons. The quantitative estimate of drug-likeness (QED) is 0.419. The molecule has 0 saturated heterocycles. The third kappa shape index (κ3) is 3.90. The number of rotatable bonds is 5. The molecule has 5 rings (SSSR count). The molecule has 0 radical (unpaired) electrons. The molecular formula is C23H20ClN5O. The van der Waals surface area contributed by atoms with Crippen LogP contribution < -0.4 is 5.32 Å². The van der Waals surface area contributed by atoms with Crippen LogP contribution in [0.15, 0.2) is 83.7 Å². The molecule has 0 amide bonds. The number of fused-ring (bicyclic) bond motifs is 1. The summed E-state index contributed by atoms with van der Waals surface area (Å²) in [5.41, 5.74) is 5.52. The van der Waals surface area contributed by atoms with Gasteiger partial charge < -0.3 is 9.73 Å². The number of para-hydroxylation sites is 2. The van der Waals surface area contributed by atoms with E-state index in [2.05, 4.69) is 32.5 Å². The third-order valence-electron chi connectivity index (χ3n) is 4.75. The van der Waals surface area contributed by atoms with Crippen LogP contribution in [0.1, 0.15) is 5.56 Å². The van der Waals surface area contributed by atoms with Gasteiger partial charge in [-0.3, -0.25) is 4.68 Å². The molecule has 0 aliphatic rings. The molecule has 0 spiro atoms.